The lowest BCUT2D eigenvalue weighted by Crippen LogP contribution is -1.78. The number of aromatic amines is 1. The van der Waals surface area contributed by atoms with Gasteiger partial charge in [0.25, 0.3) is 0 Å². The van der Waals surface area contributed by atoms with Crippen molar-refractivity contribution in [3.8, 4) is 0 Å². The van der Waals surface area contributed by atoms with Crippen LogP contribution in [0.15, 0.2) is 18.8 Å². The number of rotatable bonds is 1. The van der Waals surface area contributed by atoms with Crippen molar-refractivity contribution < 1.29 is 0 Å². The minimum absolute atomic E-state index is 0.762. The Kier molecular flexibility index (Phi) is 1.43. The van der Waals surface area contributed by atoms with Crippen molar-refractivity contribution in [3.05, 3.63) is 30.2 Å². The highest BCUT2D eigenvalue weighted by Gasteiger charge is 1.99. The quantitative estimate of drug-likeness (QED) is 0.690. The first-order valence-corrected chi connectivity index (χ1v) is 3.74. The second kappa shape index (κ2) is 2.44. The van der Waals surface area contributed by atoms with E-state index in [1.807, 2.05) is 13.0 Å². The fourth-order valence-corrected chi connectivity index (χ4v) is 1.15. The summed E-state index contributed by atoms with van der Waals surface area (Å²) >= 11 is 0. The molecule has 0 fully saturated rings. The van der Waals surface area contributed by atoms with E-state index >= 15 is 0 Å². The molecule has 60 valence electrons. The van der Waals surface area contributed by atoms with Gasteiger partial charge in [-0.3, -0.25) is 0 Å². The molecule has 0 aliphatic carbocycles. The van der Waals surface area contributed by atoms with Crippen LogP contribution in [-0.4, -0.2) is 15.0 Å². The number of H-pyrrole nitrogens is 1. The number of hydrogen-bond donors (Lipinski definition) is 1. The summed E-state index contributed by atoms with van der Waals surface area (Å²) in [6, 6.07) is 1.98. The van der Waals surface area contributed by atoms with Gasteiger partial charge in [-0.1, -0.05) is 12.7 Å². The third kappa shape index (κ3) is 0.993. The van der Waals surface area contributed by atoms with Crippen molar-refractivity contribution >= 4 is 17.2 Å². The van der Waals surface area contributed by atoms with Crippen molar-refractivity contribution in [2.75, 3.05) is 0 Å². The first kappa shape index (κ1) is 7.03. The first-order chi connectivity index (χ1) is 5.79. The standard InChI is InChI=1S/C9H9N3/c1-3-7-4-8-9(10-5-7)12-6(2)11-8/h3-5H,1H2,2H3,(H,10,11,12). The van der Waals surface area contributed by atoms with E-state index in [4.69, 9.17) is 0 Å². The van der Waals surface area contributed by atoms with Gasteiger partial charge in [-0.25, -0.2) is 9.97 Å². The van der Waals surface area contributed by atoms with Gasteiger partial charge in [0, 0.05) is 6.20 Å². The molecule has 0 amide bonds. The summed E-state index contributed by atoms with van der Waals surface area (Å²) in [7, 11) is 0. The van der Waals surface area contributed by atoms with E-state index in [1.54, 1.807) is 12.3 Å². The van der Waals surface area contributed by atoms with Crippen LogP contribution in [0.3, 0.4) is 0 Å². The molecule has 0 saturated carbocycles. The Balaban J connectivity index is 2.74. The molecule has 12 heavy (non-hydrogen) atoms. The maximum atomic E-state index is 4.19. The minimum atomic E-state index is 0.762. The number of imidazole rings is 1. The van der Waals surface area contributed by atoms with Gasteiger partial charge in [0.2, 0.25) is 0 Å². The molecule has 0 aromatic carbocycles. The van der Waals surface area contributed by atoms with Crippen LogP contribution in [0, 0.1) is 6.92 Å². The van der Waals surface area contributed by atoms with Crippen LogP contribution in [0.5, 0.6) is 0 Å². The lowest BCUT2D eigenvalue weighted by atomic mass is 10.3. The van der Waals surface area contributed by atoms with Crippen LogP contribution >= 0.6 is 0 Å². The zero-order valence-corrected chi connectivity index (χ0v) is 6.83. The molecular weight excluding hydrogens is 150 g/mol. The Morgan fingerprint density at radius 2 is 2.42 bits per heavy atom. The first-order valence-electron chi connectivity index (χ1n) is 3.74. The Labute approximate surface area is 70.2 Å². The maximum absolute atomic E-state index is 4.19. The molecule has 2 rings (SSSR count). The van der Waals surface area contributed by atoms with E-state index in [9.17, 15) is 0 Å². The molecule has 0 spiro atoms. The number of hydrogen-bond acceptors (Lipinski definition) is 2. The van der Waals surface area contributed by atoms with Gasteiger partial charge in [-0.05, 0) is 18.6 Å². The van der Waals surface area contributed by atoms with Crippen molar-refractivity contribution in [2.24, 2.45) is 0 Å². The van der Waals surface area contributed by atoms with Crippen molar-refractivity contribution in [2.45, 2.75) is 6.92 Å². The average molecular weight is 159 g/mol. The van der Waals surface area contributed by atoms with Crippen LogP contribution in [0.25, 0.3) is 17.2 Å². The number of aromatic nitrogens is 3. The van der Waals surface area contributed by atoms with Gasteiger partial charge in [-0.15, -0.1) is 0 Å². The summed E-state index contributed by atoms with van der Waals surface area (Å²) in [5.74, 6) is 0.888. The molecule has 0 bridgehead atoms. The fraction of sp³-hybridized carbons (Fsp3) is 0.111. The van der Waals surface area contributed by atoms with E-state index in [1.165, 1.54) is 0 Å². The summed E-state index contributed by atoms with van der Waals surface area (Å²) in [4.78, 5) is 11.5. The molecule has 2 aromatic heterocycles. The Hall–Kier alpha value is -1.64. The highest BCUT2D eigenvalue weighted by atomic mass is 15.0. The number of fused-ring (bicyclic) bond motifs is 1. The molecule has 3 nitrogen and oxygen atoms in total. The monoisotopic (exact) mass is 159 g/mol. The highest BCUT2D eigenvalue weighted by Crippen LogP contribution is 2.10. The summed E-state index contributed by atoms with van der Waals surface area (Å²) < 4.78 is 0. The van der Waals surface area contributed by atoms with Crippen molar-refractivity contribution in [3.63, 3.8) is 0 Å². The molecule has 0 unspecified atom stereocenters. The fourth-order valence-electron chi connectivity index (χ4n) is 1.15. The molecule has 0 saturated heterocycles. The largest absolute Gasteiger partial charge is 0.341 e. The molecule has 0 radical (unpaired) electrons. The number of pyridine rings is 1. The molecule has 0 aliphatic rings. The third-order valence-corrected chi connectivity index (χ3v) is 1.71. The van der Waals surface area contributed by atoms with Gasteiger partial charge >= 0.3 is 0 Å². The van der Waals surface area contributed by atoms with E-state index < -0.39 is 0 Å². The predicted octanol–water partition coefficient (Wildman–Crippen LogP) is 1.91. The van der Waals surface area contributed by atoms with Crippen LogP contribution in [-0.2, 0) is 0 Å². The smallest absolute Gasteiger partial charge is 0.177 e. The molecule has 3 heteroatoms. The Morgan fingerprint density at radius 3 is 3.17 bits per heavy atom. The number of nitrogens with zero attached hydrogens (tertiary/aromatic N) is 2. The highest BCUT2D eigenvalue weighted by molar-refractivity contribution is 5.73. The lowest BCUT2D eigenvalue weighted by Gasteiger charge is -1.89. The molecule has 1 N–H and O–H groups in total. The molecule has 0 atom stereocenters. The van der Waals surface area contributed by atoms with Gasteiger partial charge in [0.05, 0.1) is 5.52 Å². The topological polar surface area (TPSA) is 41.6 Å². The third-order valence-electron chi connectivity index (χ3n) is 1.71. The van der Waals surface area contributed by atoms with E-state index in [2.05, 4.69) is 21.5 Å². The Morgan fingerprint density at radius 1 is 1.58 bits per heavy atom. The number of aryl methyl sites for hydroxylation is 1. The summed E-state index contributed by atoms with van der Waals surface area (Å²) in [5.41, 5.74) is 2.73. The SMILES string of the molecule is C=Cc1cnc2nc(C)[nH]c2c1. The van der Waals surface area contributed by atoms with Crippen molar-refractivity contribution in [1.82, 2.24) is 15.0 Å². The Bertz CT molecular complexity index is 428. The van der Waals surface area contributed by atoms with Crippen LogP contribution in [0.2, 0.25) is 0 Å². The van der Waals surface area contributed by atoms with Gasteiger partial charge in [-0.2, -0.15) is 0 Å². The zero-order valence-electron chi connectivity index (χ0n) is 6.83. The van der Waals surface area contributed by atoms with E-state index in [-0.39, 0.29) is 0 Å². The molecule has 2 aromatic rings. The number of nitrogens with one attached hydrogen (secondary N) is 1. The van der Waals surface area contributed by atoms with Crippen LogP contribution < -0.4 is 0 Å². The minimum Gasteiger partial charge on any atom is -0.341 e. The molecule has 0 aliphatic heterocycles. The maximum Gasteiger partial charge on any atom is 0.177 e. The molecular formula is C9H9N3. The van der Waals surface area contributed by atoms with E-state index in [0.717, 1.165) is 22.6 Å². The lowest BCUT2D eigenvalue weighted by molar-refractivity contribution is 1.16. The summed E-state index contributed by atoms with van der Waals surface area (Å²) in [6.07, 6.45) is 3.53. The van der Waals surface area contributed by atoms with Crippen LogP contribution in [0.4, 0.5) is 0 Å². The van der Waals surface area contributed by atoms with Gasteiger partial charge in [0.1, 0.15) is 5.82 Å². The summed E-state index contributed by atoms with van der Waals surface area (Å²) in [5, 5.41) is 0. The average Bonchev–Trinajstić information content (AvgIpc) is 2.43. The second-order valence-electron chi connectivity index (χ2n) is 2.67. The van der Waals surface area contributed by atoms with Crippen molar-refractivity contribution in [1.29, 1.82) is 0 Å². The van der Waals surface area contributed by atoms with Gasteiger partial charge in [0.15, 0.2) is 5.65 Å². The normalized spacial score (nSPS) is 10.4. The van der Waals surface area contributed by atoms with E-state index in [0.29, 0.717) is 0 Å². The van der Waals surface area contributed by atoms with Crippen LogP contribution in [0.1, 0.15) is 11.4 Å². The summed E-state index contributed by atoms with van der Waals surface area (Å²) in [6.45, 7) is 5.58. The second-order valence-corrected chi connectivity index (χ2v) is 2.67. The predicted molar refractivity (Wildman–Crippen MR) is 48.7 cm³/mol. The molecule has 2 heterocycles. The van der Waals surface area contributed by atoms with Gasteiger partial charge < -0.3 is 4.98 Å². The zero-order chi connectivity index (χ0) is 8.55.